The molecule has 0 aromatic carbocycles. The summed E-state index contributed by atoms with van der Waals surface area (Å²) in [5.74, 6) is 0.527. The number of nitrogens with zero attached hydrogens (tertiary/aromatic N) is 1. The third kappa shape index (κ3) is 3.19. The van der Waals surface area contributed by atoms with E-state index in [0.717, 1.165) is 25.9 Å². The molecule has 1 unspecified atom stereocenters. The van der Waals surface area contributed by atoms with Crippen molar-refractivity contribution in [3.05, 3.63) is 0 Å². The summed E-state index contributed by atoms with van der Waals surface area (Å²) in [5, 5.41) is 0. The fourth-order valence-electron chi connectivity index (χ4n) is 2.20. The van der Waals surface area contributed by atoms with Gasteiger partial charge in [-0.2, -0.15) is 0 Å². The lowest BCUT2D eigenvalue weighted by Crippen LogP contribution is -2.61. The van der Waals surface area contributed by atoms with Gasteiger partial charge in [0.2, 0.25) is 5.91 Å². The van der Waals surface area contributed by atoms with Crippen LogP contribution >= 0.6 is 0 Å². The number of nitrogens with two attached hydrogens (primary N) is 2. The van der Waals surface area contributed by atoms with Crippen LogP contribution in [0, 0.1) is 11.8 Å². The molecule has 1 amide bonds. The topological polar surface area (TPSA) is 72.3 Å². The molecule has 16 heavy (non-hydrogen) atoms. The number of carbonyl (C=O) groups is 1. The van der Waals surface area contributed by atoms with Gasteiger partial charge in [-0.05, 0) is 31.2 Å². The van der Waals surface area contributed by atoms with Crippen molar-refractivity contribution in [3.8, 4) is 0 Å². The number of carbonyl (C=O) groups excluding carboxylic acids is 1. The summed E-state index contributed by atoms with van der Waals surface area (Å²) in [7, 11) is 0. The Morgan fingerprint density at radius 1 is 1.50 bits per heavy atom. The second-order valence-corrected chi connectivity index (χ2v) is 5.40. The predicted octanol–water partition coefficient (Wildman–Crippen LogP) is 0.557. The van der Waals surface area contributed by atoms with E-state index in [1.807, 2.05) is 0 Å². The van der Waals surface area contributed by atoms with Gasteiger partial charge in [0.1, 0.15) is 5.54 Å². The van der Waals surface area contributed by atoms with Crippen molar-refractivity contribution < 1.29 is 4.79 Å². The van der Waals surface area contributed by atoms with Crippen molar-refractivity contribution in [2.45, 2.75) is 39.2 Å². The highest BCUT2D eigenvalue weighted by atomic mass is 16.1. The molecule has 0 aromatic rings. The molecule has 1 atom stereocenters. The zero-order valence-electron chi connectivity index (χ0n) is 10.7. The van der Waals surface area contributed by atoms with E-state index in [2.05, 4.69) is 25.7 Å². The Labute approximate surface area is 98.3 Å². The SMILES string of the molecule is CCN(CC(C)C)CC(N)(C(N)=O)C1CC1. The fraction of sp³-hybridized carbons (Fsp3) is 0.917. The van der Waals surface area contributed by atoms with E-state index in [0.29, 0.717) is 18.4 Å². The van der Waals surface area contributed by atoms with Crippen molar-refractivity contribution in [3.63, 3.8) is 0 Å². The van der Waals surface area contributed by atoms with Crippen molar-refractivity contribution in [2.24, 2.45) is 23.3 Å². The first-order valence-corrected chi connectivity index (χ1v) is 6.21. The van der Waals surface area contributed by atoms with Crippen LogP contribution in [0.15, 0.2) is 0 Å². The Bertz CT molecular complexity index is 251. The lowest BCUT2D eigenvalue weighted by Gasteiger charge is -2.33. The summed E-state index contributed by atoms with van der Waals surface area (Å²) in [6.07, 6.45) is 2.08. The van der Waals surface area contributed by atoms with E-state index in [1.165, 1.54) is 0 Å². The first-order chi connectivity index (χ1) is 7.40. The Morgan fingerprint density at radius 3 is 2.38 bits per heavy atom. The van der Waals surface area contributed by atoms with E-state index in [1.54, 1.807) is 0 Å². The molecule has 0 aliphatic heterocycles. The molecule has 0 radical (unpaired) electrons. The van der Waals surface area contributed by atoms with Crippen LogP contribution in [-0.2, 0) is 4.79 Å². The van der Waals surface area contributed by atoms with E-state index < -0.39 is 5.54 Å². The minimum atomic E-state index is -0.815. The molecule has 0 bridgehead atoms. The number of rotatable bonds is 7. The van der Waals surface area contributed by atoms with Gasteiger partial charge in [0.25, 0.3) is 0 Å². The summed E-state index contributed by atoms with van der Waals surface area (Å²) in [6, 6.07) is 0. The van der Waals surface area contributed by atoms with Gasteiger partial charge in [0.15, 0.2) is 0 Å². The average molecular weight is 227 g/mol. The van der Waals surface area contributed by atoms with Crippen LogP contribution in [-0.4, -0.2) is 36.0 Å². The standard InChI is InChI=1S/C12H25N3O/c1-4-15(7-9(2)3)8-12(14,11(13)16)10-5-6-10/h9-10H,4-8,14H2,1-3H3,(H2,13,16). The molecule has 0 heterocycles. The van der Waals surface area contributed by atoms with Crippen LogP contribution in [0.25, 0.3) is 0 Å². The Kier molecular flexibility index (Phi) is 4.33. The highest BCUT2D eigenvalue weighted by Gasteiger charge is 2.47. The smallest absolute Gasteiger partial charge is 0.239 e. The van der Waals surface area contributed by atoms with Crippen LogP contribution in [0.5, 0.6) is 0 Å². The van der Waals surface area contributed by atoms with Crippen LogP contribution < -0.4 is 11.5 Å². The summed E-state index contributed by atoms with van der Waals surface area (Å²) in [4.78, 5) is 13.7. The highest BCUT2D eigenvalue weighted by molar-refractivity contribution is 5.85. The molecule has 4 heteroatoms. The second-order valence-electron chi connectivity index (χ2n) is 5.40. The van der Waals surface area contributed by atoms with Crippen molar-refractivity contribution in [1.82, 2.24) is 4.90 Å². The molecule has 4 nitrogen and oxygen atoms in total. The molecule has 0 aromatic heterocycles. The summed E-state index contributed by atoms with van der Waals surface area (Å²) in [6.45, 7) is 8.91. The van der Waals surface area contributed by atoms with Crippen molar-refractivity contribution in [1.29, 1.82) is 0 Å². The Morgan fingerprint density at radius 2 is 2.06 bits per heavy atom. The number of hydrogen-bond acceptors (Lipinski definition) is 3. The van der Waals surface area contributed by atoms with Crippen molar-refractivity contribution >= 4 is 5.91 Å². The lowest BCUT2D eigenvalue weighted by atomic mass is 9.92. The maximum absolute atomic E-state index is 11.5. The zero-order valence-corrected chi connectivity index (χ0v) is 10.7. The number of amides is 1. The predicted molar refractivity (Wildman–Crippen MR) is 65.8 cm³/mol. The molecule has 0 saturated heterocycles. The minimum Gasteiger partial charge on any atom is -0.368 e. The highest BCUT2D eigenvalue weighted by Crippen LogP contribution is 2.38. The van der Waals surface area contributed by atoms with Gasteiger partial charge in [-0.1, -0.05) is 20.8 Å². The molecule has 94 valence electrons. The van der Waals surface area contributed by atoms with Gasteiger partial charge in [-0.25, -0.2) is 0 Å². The van der Waals surface area contributed by atoms with Crippen LogP contribution in [0.1, 0.15) is 33.6 Å². The largest absolute Gasteiger partial charge is 0.368 e. The van der Waals surface area contributed by atoms with Gasteiger partial charge in [0.05, 0.1) is 0 Å². The van der Waals surface area contributed by atoms with Gasteiger partial charge >= 0.3 is 0 Å². The summed E-state index contributed by atoms with van der Waals surface area (Å²) < 4.78 is 0. The quantitative estimate of drug-likeness (QED) is 0.667. The first-order valence-electron chi connectivity index (χ1n) is 6.21. The third-order valence-corrected chi connectivity index (χ3v) is 3.32. The molecule has 1 rings (SSSR count). The third-order valence-electron chi connectivity index (χ3n) is 3.32. The molecule has 0 spiro atoms. The Hall–Kier alpha value is -0.610. The molecule has 4 N–H and O–H groups in total. The summed E-state index contributed by atoms with van der Waals surface area (Å²) >= 11 is 0. The Balaban J connectivity index is 2.62. The van der Waals surface area contributed by atoms with Crippen molar-refractivity contribution in [2.75, 3.05) is 19.6 Å². The van der Waals surface area contributed by atoms with Gasteiger partial charge in [-0.15, -0.1) is 0 Å². The van der Waals surface area contributed by atoms with E-state index in [4.69, 9.17) is 11.5 Å². The van der Waals surface area contributed by atoms with Crippen LogP contribution in [0.4, 0.5) is 0 Å². The van der Waals surface area contributed by atoms with E-state index in [-0.39, 0.29) is 5.91 Å². The van der Waals surface area contributed by atoms with Crippen LogP contribution in [0.2, 0.25) is 0 Å². The average Bonchev–Trinajstić information content (AvgIpc) is 2.98. The fourth-order valence-corrected chi connectivity index (χ4v) is 2.20. The van der Waals surface area contributed by atoms with Gasteiger partial charge in [-0.3, -0.25) is 4.79 Å². The number of primary amides is 1. The monoisotopic (exact) mass is 227 g/mol. The number of hydrogen-bond donors (Lipinski definition) is 2. The molecule has 1 fully saturated rings. The number of likely N-dealkylation sites (N-methyl/N-ethyl adjacent to an activating group) is 1. The molecule has 1 aliphatic carbocycles. The zero-order chi connectivity index (χ0) is 12.3. The first kappa shape index (κ1) is 13.5. The minimum absolute atomic E-state index is 0.297. The normalized spacial score (nSPS) is 20.1. The second kappa shape index (κ2) is 5.15. The maximum Gasteiger partial charge on any atom is 0.239 e. The van der Waals surface area contributed by atoms with Gasteiger partial charge in [0, 0.05) is 13.1 Å². The van der Waals surface area contributed by atoms with E-state index >= 15 is 0 Å². The lowest BCUT2D eigenvalue weighted by molar-refractivity contribution is -0.124. The molecule has 1 saturated carbocycles. The molecular weight excluding hydrogens is 202 g/mol. The van der Waals surface area contributed by atoms with Crippen LogP contribution in [0.3, 0.4) is 0 Å². The van der Waals surface area contributed by atoms with Gasteiger partial charge < -0.3 is 16.4 Å². The maximum atomic E-state index is 11.5. The molecular formula is C12H25N3O. The molecule has 1 aliphatic rings. The van der Waals surface area contributed by atoms with E-state index in [9.17, 15) is 4.79 Å². The summed E-state index contributed by atoms with van der Waals surface area (Å²) in [5.41, 5.74) is 10.8.